The molecule has 0 aliphatic heterocycles. The van der Waals surface area contributed by atoms with Crippen LogP contribution in [-0.4, -0.2) is 9.97 Å². The Kier molecular flexibility index (Phi) is 6.11. The summed E-state index contributed by atoms with van der Waals surface area (Å²) in [7, 11) is 0. The van der Waals surface area contributed by atoms with E-state index in [1.54, 1.807) is 11.3 Å². The van der Waals surface area contributed by atoms with Gasteiger partial charge in [0.1, 0.15) is 12.1 Å². The quantitative estimate of drug-likeness (QED) is 0.448. The lowest BCUT2D eigenvalue weighted by Crippen LogP contribution is -2.86. The zero-order chi connectivity index (χ0) is 21.1. The Labute approximate surface area is 181 Å². The van der Waals surface area contributed by atoms with E-state index in [2.05, 4.69) is 72.9 Å². The number of H-pyrrole nitrogens is 1. The van der Waals surface area contributed by atoms with Gasteiger partial charge in [-0.25, -0.2) is 4.98 Å². The molecule has 0 saturated carbocycles. The first-order chi connectivity index (χ1) is 14.6. The van der Waals surface area contributed by atoms with Gasteiger partial charge in [-0.15, -0.1) is 11.3 Å². The summed E-state index contributed by atoms with van der Waals surface area (Å²) in [6.07, 6.45) is 1.14. The van der Waals surface area contributed by atoms with Gasteiger partial charge in [0.25, 0.3) is 5.56 Å². The van der Waals surface area contributed by atoms with Gasteiger partial charge in [-0.3, -0.25) is 4.79 Å². The molecule has 3 N–H and O–H groups in total. The summed E-state index contributed by atoms with van der Waals surface area (Å²) < 4.78 is 0. The van der Waals surface area contributed by atoms with Crippen molar-refractivity contribution in [3.8, 4) is 0 Å². The van der Waals surface area contributed by atoms with Crippen LogP contribution in [0.1, 0.15) is 67.0 Å². The number of para-hydroxylation sites is 1. The van der Waals surface area contributed by atoms with Crippen molar-refractivity contribution in [2.45, 2.75) is 45.2 Å². The Morgan fingerprint density at radius 1 is 1.00 bits per heavy atom. The van der Waals surface area contributed by atoms with Gasteiger partial charge in [-0.05, 0) is 48.4 Å². The van der Waals surface area contributed by atoms with Crippen LogP contribution in [0.4, 0.5) is 0 Å². The van der Waals surface area contributed by atoms with Crippen molar-refractivity contribution in [1.29, 1.82) is 0 Å². The summed E-state index contributed by atoms with van der Waals surface area (Å²) in [5.41, 5.74) is 3.29. The third-order valence-electron chi connectivity index (χ3n) is 5.87. The van der Waals surface area contributed by atoms with Crippen LogP contribution in [-0.2, 0) is 0 Å². The highest BCUT2D eigenvalue weighted by molar-refractivity contribution is 7.10. The van der Waals surface area contributed by atoms with Gasteiger partial charge in [0, 0.05) is 5.56 Å². The van der Waals surface area contributed by atoms with Crippen LogP contribution in [0.5, 0.6) is 0 Å². The normalized spacial score (nSPS) is 14.5. The van der Waals surface area contributed by atoms with E-state index in [1.165, 1.54) is 16.0 Å². The molecular weight excluding hydrogens is 390 g/mol. The van der Waals surface area contributed by atoms with Crippen LogP contribution in [0.2, 0.25) is 0 Å². The SMILES string of the molecule is CC[C@H](C)c1ccc([C@H]([NH2+][C@@H](C)c2nc3ccccc3c(=O)[nH]2)c2cccs2)cc1. The van der Waals surface area contributed by atoms with E-state index in [0.717, 1.165) is 11.9 Å². The molecule has 0 saturated heterocycles. The van der Waals surface area contributed by atoms with Crippen molar-refractivity contribution >= 4 is 22.2 Å². The summed E-state index contributed by atoms with van der Waals surface area (Å²) in [6.45, 7) is 6.59. The van der Waals surface area contributed by atoms with E-state index in [1.807, 2.05) is 24.3 Å². The van der Waals surface area contributed by atoms with Gasteiger partial charge in [0.2, 0.25) is 0 Å². The zero-order valence-electron chi connectivity index (χ0n) is 17.6. The fraction of sp³-hybridized carbons (Fsp3) is 0.280. The lowest BCUT2D eigenvalue weighted by atomic mass is 9.95. The van der Waals surface area contributed by atoms with Crippen molar-refractivity contribution in [2.75, 3.05) is 0 Å². The van der Waals surface area contributed by atoms with Crippen LogP contribution in [0.3, 0.4) is 0 Å². The summed E-state index contributed by atoms with van der Waals surface area (Å²) in [6, 6.07) is 20.9. The first-order valence-electron chi connectivity index (χ1n) is 10.5. The van der Waals surface area contributed by atoms with E-state index < -0.39 is 0 Å². The topological polar surface area (TPSA) is 62.4 Å². The minimum Gasteiger partial charge on any atom is -0.327 e. The first-order valence-corrected chi connectivity index (χ1v) is 11.4. The summed E-state index contributed by atoms with van der Waals surface area (Å²) in [5.74, 6) is 1.27. The number of hydrogen-bond acceptors (Lipinski definition) is 3. The molecule has 0 aliphatic rings. The highest BCUT2D eigenvalue weighted by atomic mass is 32.1. The lowest BCUT2D eigenvalue weighted by Gasteiger charge is -2.20. The minimum atomic E-state index is -0.0820. The maximum absolute atomic E-state index is 12.5. The predicted molar refractivity (Wildman–Crippen MR) is 124 cm³/mol. The van der Waals surface area contributed by atoms with Gasteiger partial charge in [-0.1, -0.05) is 56.3 Å². The Morgan fingerprint density at radius 2 is 1.73 bits per heavy atom. The van der Waals surface area contributed by atoms with E-state index in [0.29, 0.717) is 17.1 Å². The second-order valence-electron chi connectivity index (χ2n) is 7.92. The Balaban J connectivity index is 1.65. The summed E-state index contributed by atoms with van der Waals surface area (Å²) >= 11 is 1.76. The Bertz CT molecular complexity index is 1170. The molecular formula is C25H28N3OS+. The fourth-order valence-corrected chi connectivity index (χ4v) is 4.64. The zero-order valence-corrected chi connectivity index (χ0v) is 18.4. The van der Waals surface area contributed by atoms with Crippen LogP contribution in [0, 0.1) is 0 Å². The predicted octanol–water partition coefficient (Wildman–Crippen LogP) is 4.91. The van der Waals surface area contributed by atoms with Crippen molar-refractivity contribution < 1.29 is 5.32 Å². The van der Waals surface area contributed by atoms with Crippen molar-refractivity contribution in [2.24, 2.45) is 0 Å². The lowest BCUT2D eigenvalue weighted by molar-refractivity contribution is -0.723. The van der Waals surface area contributed by atoms with Crippen molar-refractivity contribution in [3.05, 3.63) is 98.2 Å². The molecule has 4 rings (SSSR count). The van der Waals surface area contributed by atoms with Gasteiger partial charge in [0.05, 0.1) is 15.8 Å². The molecule has 4 nitrogen and oxygen atoms in total. The molecule has 0 aliphatic carbocycles. The molecule has 2 heterocycles. The molecule has 0 spiro atoms. The van der Waals surface area contributed by atoms with Crippen molar-refractivity contribution in [3.63, 3.8) is 0 Å². The molecule has 30 heavy (non-hydrogen) atoms. The number of aromatic nitrogens is 2. The number of benzene rings is 2. The van der Waals surface area contributed by atoms with Gasteiger partial charge in [-0.2, -0.15) is 0 Å². The number of nitrogens with two attached hydrogens (primary N) is 1. The van der Waals surface area contributed by atoms with E-state index >= 15 is 0 Å². The molecule has 0 fully saturated rings. The molecule has 3 atom stereocenters. The largest absolute Gasteiger partial charge is 0.327 e. The Morgan fingerprint density at radius 3 is 2.43 bits per heavy atom. The standard InChI is InChI=1S/C25H27N3OS/c1-4-16(2)18-11-13-19(14-12-18)23(22-10-7-15-30-22)26-17(3)24-27-21-9-6-5-8-20(21)25(29)28-24/h5-17,23,26H,4H2,1-3H3,(H,27,28,29)/p+1/t16-,17-,23-/m0/s1. The molecule has 2 aromatic carbocycles. The van der Waals surface area contributed by atoms with E-state index in [-0.39, 0.29) is 17.6 Å². The number of hydrogen-bond donors (Lipinski definition) is 2. The molecule has 2 aromatic heterocycles. The van der Waals surface area contributed by atoms with Crippen LogP contribution in [0.15, 0.2) is 70.8 Å². The number of nitrogens with one attached hydrogen (secondary N) is 1. The minimum absolute atomic E-state index is 0.00338. The van der Waals surface area contributed by atoms with Gasteiger partial charge < -0.3 is 10.3 Å². The molecule has 0 bridgehead atoms. The highest BCUT2D eigenvalue weighted by Gasteiger charge is 2.24. The number of nitrogens with zero attached hydrogens (tertiary/aromatic N) is 1. The first kappa shape index (κ1) is 20.5. The van der Waals surface area contributed by atoms with Crippen molar-refractivity contribution in [1.82, 2.24) is 9.97 Å². The average molecular weight is 419 g/mol. The van der Waals surface area contributed by atoms with E-state index in [9.17, 15) is 4.79 Å². The number of rotatable bonds is 7. The van der Waals surface area contributed by atoms with Crippen LogP contribution in [0.25, 0.3) is 10.9 Å². The Hall–Kier alpha value is -2.76. The van der Waals surface area contributed by atoms with E-state index in [4.69, 9.17) is 4.98 Å². The molecule has 5 heteroatoms. The highest BCUT2D eigenvalue weighted by Crippen LogP contribution is 2.26. The fourth-order valence-electron chi connectivity index (χ4n) is 3.81. The summed E-state index contributed by atoms with van der Waals surface area (Å²) in [4.78, 5) is 21.5. The number of thiophene rings is 1. The number of quaternary nitrogens is 1. The second kappa shape index (κ2) is 8.94. The molecule has 4 aromatic rings. The van der Waals surface area contributed by atoms with Crippen LogP contribution < -0.4 is 10.9 Å². The third-order valence-corrected chi connectivity index (χ3v) is 6.83. The van der Waals surface area contributed by atoms with Crippen LogP contribution >= 0.6 is 11.3 Å². The number of aromatic amines is 1. The maximum Gasteiger partial charge on any atom is 0.258 e. The smallest absolute Gasteiger partial charge is 0.258 e. The molecule has 0 radical (unpaired) electrons. The van der Waals surface area contributed by atoms with Gasteiger partial charge in [0.15, 0.2) is 5.82 Å². The monoisotopic (exact) mass is 418 g/mol. The molecule has 0 amide bonds. The average Bonchev–Trinajstić information content (AvgIpc) is 3.31. The third kappa shape index (κ3) is 4.23. The number of fused-ring (bicyclic) bond motifs is 1. The molecule has 154 valence electrons. The second-order valence-corrected chi connectivity index (χ2v) is 8.90. The maximum atomic E-state index is 12.5. The van der Waals surface area contributed by atoms with Gasteiger partial charge >= 0.3 is 0 Å². The summed E-state index contributed by atoms with van der Waals surface area (Å²) in [5, 5.41) is 5.03. The molecule has 0 unspecified atom stereocenters.